The molecule has 0 amide bonds. The normalized spacial score (nSPS) is 15.0. The lowest BCUT2D eigenvalue weighted by Gasteiger charge is -2.15. The summed E-state index contributed by atoms with van der Waals surface area (Å²) in [4.78, 5) is 4.38. The van der Waals surface area contributed by atoms with E-state index in [1.165, 1.54) is 25.7 Å². The summed E-state index contributed by atoms with van der Waals surface area (Å²) in [6.07, 6.45) is 10.4. The minimum Gasteiger partial charge on any atom is -0.396 e. The van der Waals surface area contributed by atoms with Gasteiger partial charge in [0.15, 0.2) is 0 Å². The fourth-order valence-corrected chi connectivity index (χ4v) is 3.22. The number of hydrogen-bond donors (Lipinski definition) is 2. The summed E-state index contributed by atoms with van der Waals surface area (Å²) < 4.78 is 1.04. The highest BCUT2D eigenvalue weighted by atomic mass is 79.9. The number of rotatable bonds is 4. The van der Waals surface area contributed by atoms with E-state index in [9.17, 15) is 0 Å². The third-order valence-corrected chi connectivity index (χ3v) is 4.49. The summed E-state index contributed by atoms with van der Waals surface area (Å²) in [5.41, 5.74) is 10.3. The maximum atomic E-state index is 6.10. The standard InChI is InChI=1S/C17H20BrN3/c18-13-6-7-16-14(10-13)17(15(19)11-21-16)20-9-8-12-4-2-1-3-5-12/h4,6-7,10-11H,1-3,5,8-9,19H2,(H,20,21). The van der Waals surface area contributed by atoms with Gasteiger partial charge < -0.3 is 11.1 Å². The Bertz CT molecular complexity index is 674. The molecule has 1 aliphatic carbocycles. The molecule has 1 aromatic carbocycles. The molecule has 1 aliphatic rings. The summed E-state index contributed by atoms with van der Waals surface area (Å²) in [7, 11) is 0. The summed E-state index contributed by atoms with van der Waals surface area (Å²) in [6.45, 7) is 0.918. The highest BCUT2D eigenvalue weighted by Gasteiger charge is 2.08. The Morgan fingerprint density at radius 3 is 3.00 bits per heavy atom. The van der Waals surface area contributed by atoms with Crippen LogP contribution in [0.2, 0.25) is 0 Å². The lowest BCUT2D eigenvalue weighted by molar-refractivity contribution is 0.679. The Morgan fingerprint density at radius 2 is 2.19 bits per heavy atom. The minimum atomic E-state index is 0.707. The van der Waals surface area contributed by atoms with Crippen LogP contribution < -0.4 is 11.1 Å². The van der Waals surface area contributed by atoms with Crippen LogP contribution in [0.5, 0.6) is 0 Å². The zero-order valence-corrected chi connectivity index (χ0v) is 13.6. The number of fused-ring (bicyclic) bond motifs is 1. The van der Waals surface area contributed by atoms with Crippen LogP contribution in [0.1, 0.15) is 32.1 Å². The summed E-state index contributed by atoms with van der Waals surface area (Å²) in [5, 5.41) is 4.58. The van der Waals surface area contributed by atoms with Crippen LogP contribution in [-0.4, -0.2) is 11.5 Å². The Labute approximate surface area is 133 Å². The van der Waals surface area contributed by atoms with Gasteiger partial charge in [-0.15, -0.1) is 0 Å². The molecular formula is C17H20BrN3. The molecule has 3 N–H and O–H groups in total. The molecule has 0 saturated heterocycles. The topological polar surface area (TPSA) is 50.9 Å². The number of halogens is 1. The second kappa shape index (κ2) is 6.48. The van der Waals surface area contributed by atoms with E-state index >= 15 is 0 Å². The van der Waals surface area contributed by atoms with Gasteiger partial charge in [0, 0.05) is 16.4 Å². The molecular weight excluding hydrogens is 326 g/mol. The number of aromatic nitrogens is 1. The summed E-state index contributed by atoms with van der Waals surface area (Å²) >= 11 is 3.52. The third kappa shape index (κ3) is 3.38. The van der Waals surface area contributed by atoms with E-state index < -0.39 is 0 Å². The molecule has 3 nitrogen and oxygen atoms in total. The van der Waals surface area contributed by atoms with Gasteiger partial charge in [-0.1, -0.05) is 27.6 Å². The molecule has 0 unspecified atom stereocenters. The number of nitrogens with two attached hydrogens (primary N) is 1. The second-order valence-electron chi connectivity index (χ2n) is 5.53. The average molecular weight is 346 g/mol. The van der Waals surface area contributed by atoms with Crippen LogP contribution in [0, 0.1) is 0 Å². The van der Waals surface area contributed by atoms with Crippen molar-refractivity contribution in [3.63, 3.8) is 0 Å². The van der Waals surface area contributed by atoms with Gasteiger partial charge in [-0.05, 0) is 50.3 Å². The molecule has 3 rings (SSSR count). The highest BCUT2D eigenvalue weighted by molar-refractivity contribution is 9.10. The van der Waals surface area contributed by atoms with Gasteiger partial charge in [-0.2, -0.15) is 0 Å². The average Bonchev–Trinajstić information content (AvgIpc) is 2.50. The summed E-state index contributed by atoms with van der Waals surface area (Å²) in [5.74, 6) is 0. The molecule has 0 aliphatic heterocycles. The van der Waals surface area contributed by atoms with Gasteiger partial charge in [0.1, 0.15) is 0 Å². The molecule has 0 atom stereocenters. The van der Waals surface area contributed by atoms with Crippen molar-refractivity contribution >= 4 is 38.2 Å². The van der Waals surface area contributed by atoms with E-state index in [2.05, 4.69) is 38.4 Å². The van der Waals surface area contributed by atoms with Gasteiger partial charge >= 0.3 is 0 Å². The molecule has 0 fully saturated rings. The first-order valence-electron chi connectivity index (χ1n) is 7.49. The monoisotopic (exact) mass is 345 g/mol. The fraction of sp³-hybridized carbons (Fsp3) is 0.353. The number of hydrogen-bond acceptors (Lipinski definition) is 3. The number of nitrogens with one attached hydrogen (secondary N) is 1. The van der Waals surface area contributed by atoms with Gasteiger partial charge in [0.05, 0.1) is 23.1 Å². The third-order valence-electron chi connectivity index (χ3n) is 3.99. The van der Waals surface area contributed by atoms with Gasteiger partial charge in [0.25, 0.3) is 0 Å². The van der Waals surface area contributed by atoms with E-state index in [-0.39, 0.29) is 0 Å². The molecule has 110 valence electrons. The Hall–Kier alpha value is -1.55. The van der Waals surface area contributed by atoms with Crippen LogP contribution in [0.25, 0.3) is 10.9 Å². The molecule has 0 spiro atoms. The fourth-order valence-electron chi connectivity index (χ4n) is 2.86. The van der Waals surface area contributed by atoms with Gasteiger partial charge in [-0.25, -0.2) is 0 Å². The molecule has 1 aromatic heterocycles. The van der Waals surface area contributed by atoms with Crippen LogP contribution >= 0.6 is 15.9 Å². The Balaban J connectivity index is 1.77. The minimum absolute atomic E-state index is 0.707. The number of pyridine rings is 1. The molecule has 1 heterocycles. The van der Waals surface area contributed by atoms with Crippen molar-refractivity contribution < 1.29 is 0 Å². The van der Waals surface area contributed by atoms with Gasteiger partial charge in [-0.3, -0.25) is 4.98 Å². The molecule has 2 aromatic rings. The lowest BCUT2D eigenvalue weighted by Crippen LogP contribution is -2.07. The Kier molecular flexibility index (Phi) is 4.44. The predicted molar refractivity (Wildman–Crippen MR) is 93.5 cm³/mol. The van der Waals surface area contributed by atoms with Crippen molar-refractivity contribution in [2.24, 2.45) is 0 Å². The number of nitrogens with zero attached hydrogens (tertiary/aromatic N) is 1. The first kappa shape index (κ1) is 14.4. The van der Waals surface area contributed by atoms with Crippen LogP contribution in [0.4, 0.5) is 11.4 Å². The van der Waals surface area contributed by atoms with Crippen molar-refractivity contribution in [1.29, 1.82) is 0 Å². The maximum absolute atomic E-state index is 6.10. The molecule has 4 heteroatoms. The SMILES string of the molecule is Nc1cnc2ccc(Br)cc2c1NCCC1=CCCCC1. The maximum Gasteiger partial charge on any atom is 0.0743 e. The van der Waals surface area contributed by atoms with Crippen LogP contribution in [0.3, 0.4) is 0 Å². The predicted octanol–water partition coefficient (Wildman–Crippen LogP) is 4.88. The summed E-state index contributed by atoms with van der Waals surface area (Å²) in [6, 6.07) is 6.08. The number of allylic oxidation sites excluding steroid dienone is 1. The van der Waals surface area contributed by atoms with Crippen molar-refractivity contribution in [3.8, 4) is 0 Å². The Morgan fingerprint density at radius 1 is 1.29 bits per heavy atom. The van der Waals surface area contributed by atoms with Crippen molar-refractivity contribution in [2.75, 3.05) is 17.6 Å². The van der Waals surface area contributed by atoms with Crippen LogP contribution in [-0.2, 0) is 0 Å². The van der Waals surface area contributed by atoms with Crippen molar-refractivity contribution in [3.05, 3.63) is 40.5 Å². The second-order valence-corrected chi connectivity index (χ2v) is 6.45. The lowest BCUT2D eigenvalue weighted by atomic mass is 9.97. The molecule has 21 heavy (non-hydrogen) atoms. The number of anilines is 2. The van der Waals surface area contributed by atoms with E-state index in [0.717, 1.165) is 34.0 Å². The largest absolute Gasteiger partial charge is 0.396 e. The zero-order valence-electron chi connectivity index (χ0n) is 12.0. The molecule has 0 bridgehead atoms. The highest BCUT2D eigenvalue weighted by Crippen LogP contribution is 2.30. The number of nitrogen functional groups attached to an aromatic ring is 1. The van der Waals surface area contributed by atoms with E-state index in [0.29, 0.717) is 5.69 Å². The van der Waals surface area contributed by atoms with Crippen molar-refractivity contribution in [2.45, 2.75) is 32.1 Å². The van der Waals surface area contributed by atoms with Crippen molar-refractivity contribution in [1.82, 2.24) is 4.98 Å². The smallest absolute Gasteiger partial charge is 0.0743 e. The van der Waals surface area contributed by atoms with E-state index in [1.807, 2.05) is 12.1 Å². The first-order chi connectivity index (χ1) is 10.2. The number of benzene rings is 1. The van der Waals surface area contributed by atoms with Gasteiger partial charge in [0.2, 0.25) is 0 Å². The zero-order chi connectivity index (χ0) is 14.7. The first-order valence-corrected chi connectivity index (χ1v) is 8.29. The van der Waals surface area contributed by atoms with Crippen LogP contribution in [0.15, 0.2) is 40.5 Å². The van der Waals surface area contributed by atoms with E-state index in [1.54, 1.807) is 11.8 Å². The molecule has 0 saturated carbocycles. The quantitative estimate of drug-likeness (QED) is 0.776. The van der Waals surface area contributed by atoms with E-state index in [4.69, 9.17) is 5.73 Å². The molecule has 0 radical (unpaired) electrons.